The van der Waals surface area contributed by atoms with Gasteiger partial charge in [-0.05, 0) is 6.42 Å². The summed E-state index contributed by atoms with van der Waals surface area (Å²) in [5, 5.41) is 21.1. The highest BCUT2D eigenvalue weighted by Gasteiger charge is 2.10. The number of nitro benzene ring substituents is 1. The quantitative estimate of drug-likeness (QED) is 0.394. The van der Waals surface area contributed by atoms with Crippen molar-refractivity contribution in [1.82, 2.24) is 0 Å². The van der Waals surface area contributed by atoms with Gasteiger partial charge in [0.1, 0.15) is 0 Å². The highest BCUT2D eigenvalue weighted by molar-refractivity contribution is 5.41. The molecule has 0 atom stereocenters. The Bertz CT molecular complexity index is 346. The van der Waals surface area contributed by atoms with Gasteiger partial charge in [-0.3, -0.25) is 10.1 Å². The van der Waals surface area contributed by atoms with E-state index in [-0.39, 0.29) is 17.9 Å². The summed E-state index contributed by atoms with van der Waals surface area (Å²) in [6, 6.07) is 6.15. The smallest absolute Gasteiger partial charge is 0.272 e. The summed E-state index contributed by atoms with van der Waals surface area (Å²) in [5.41, 5.74) is 0.381. The van der Waals surface area contributed by atoms with Gasteiger partial charge < -0.3 is 5.11 Å². The SMILES string of the molecule is C=C([O-])Cc1ccccc1[N+](=O)[O-]. The molecule has 0 spiro atoms. The Balaban J connectivity index is 3.04. The molecule has 0 unspecified atom stereocenters. The van der Waals surface area contributed by atoms with Gasteiger partial charge in [-0.25, -0.2) is 0 Å². The maximum absolute atomic E-state index is 10.7. The van der Waals surface area contributed by atoms with Gasteiger partial charge in [-0.1, -0.05) is 18.2 Å². The minimum absolute atomic E-state index is 0.0111. The lowest BCUT2D eigenvalue weighted by atomic mass is 10.1. The summed E-state index contributed by atoms with van der Waals surface area (Å²) in [4.78, 5) is 9.98. The lowest BCUT2D eigenvalue weighted by Gasteiger charge is -2.08. The maximum Gasteiger partial charge on any atom is 0.272 e. The summed E-state index contributed by atoms with van der Waals surface area (Å²) in [6.07, 6.45) is 0.0111. The van der Waals surface area contributed by atoms with Gasteiger partial charge in [0.2, 0.25) is 0 Å². The van der Waals surface area contributed by atoms with Gasteiger partial charge in [0.05, 0.1) is 4.92 Å². The predicted octanol–water partition coefficient (Wildman–Crippen LogP) is 1.01. The van der Waals surface area contributed by atoms with Crippen molar-refractivity contribution in [2.45, 2.75) is 6.42 Å². The molecule has 0 bridgehead atoms. The second-order valence-electron chi connectivity index (χ2n) is 2.60. The van der Waals surface area contributed by atoms with E-state index in [4.69, 9.17) is 0 Å². The first-order valence-corrected chi connectivity index (χ1v) is 3.68. The van der Waals surface area contributed by atoms with Gasteiger partial charge in [-0.15, -0.1) is 12.3 Å². The lowest BCUT2D eigenvalue weighted by Crippen LogP contribution is -2.06. The van der Waals surface area contributed by atoms with Crippen LogP contribution in [0, 0.1) is 10.1 Å². The average Bonchev–Trinajstić information content (AvgIpc) is 2.03. The molecule has 0 fully saturated rings. The Morgan fingerprint density at radius 3 is 2.62 bits per heavy atom. The van der Waals surface area contributed by atoms with E-state index in [9.17, 15) is 15.2 Å². The van der Waals surface area contributed by atoms with E-state index in [1.54, 1.807) is 18.2 Å². The standard InChI is InChI=1S/C9H9NO3/c1-7(11)6-8-4-2-3-5-9(8)10(12)13/h2-5,11H,1,6H2/p-1. The normalized spacial score (nSPS) is 9.54. The molecule has 0 aromatic heterocycles. The van der Waals surface area contributed by atoms with E-state index >= 15 is 0 Å². The van der Waals surface area contributed by atoms with Crippen LogP contribution in [0.3, 0.4) is 0 Å². The van der Waals surface area contributed by atoms with Crippen LogP contribution in [0.1, 0.15) is 5.56 Å². The molecule has 0 saturated carbocycles. The highest BCUT2D eigenvalue weighted by Crippen LogP contribution is 2.18. The van der Waals surface area contributed by atoms with E-state index in [1.165, 1.54) is 6.07 Å². The van der Waals surface area contributed by atoms with Crippen molar-refractivity contribution in [3.8, 4) is 0 Å². The molecule has 0 aliphatic heterocycles. The maximum atomic E-state index is 10.7. The summed E-state index contributed by atoms with van der Waals surface area (Å²) in [5.74, 6) is -0.325. The lowest BCUT2D eigenvalue weighted by molar-refractivity contribution is -0.385. The van der Waals surface area contributed by atoms with Crippen molar-refractivity contribution in [2.24, 2.45) is 0 Å². The van der Waals surface area contributed by atoms with E-state index in [2.05, 4.69) is 6.58 Å². The van der Waals surface area contributed by atoms with Crippen molar-refractivity contribution >= 4 is 5.69 Å². The molecule has 0 saturated heterocycles. The van der Waals surface area contributed by atoms with Gasteiger partial charge in [0, 0.05) is 11.6 Å². The second-order valence-corrected chi connectivity index (χ2v) is 2.60. The molecule has 4 heteroatoms. The molecule has 1 rings (SSSR count). The third-order valence-corrected chi connectivity index (χ3v) is 1.58. The van der Waals surface area contributed by atoms with Crippen molar-refractivity contribution in [1.29, 1.82) is 0 Å². The predicted molar refractivity (Wildman–Crippen MR) is 45.9 cm³/mol. The minimum Gasteiger partial charge on any atom is -0.876 e. The Morgan fingerprint density at radius 2 is 2.08 bits per heavy atom. The molecule has 0 amide bonds. The number of para-hydroxylation sites is 1. The molecular weight excluding hydrogens is 170 g/mol. The molecule has 1 aromatic carbocycles. The zero-order valence-electron chi connectivity index (χ0n) is 6.90. The summed E-state index contributed by atoms with van der Waals surface area (Å²) >= 11 is 0. The van der Waals surface area contributed by atoms with E-state index in [1.807, 2.05) is 0 Å². The van der Waals surface area contributed by atoms with Gasteiger partial charge in [0.15, 0.2) is 0 Å². The number of hydrogen-bond acceptors (Lipinski definition) is 3. The third-order valence-electron chi connectivity index (χ3n) is 1.58. The molecule has 0 aliphatic carbocycles. The average molecular weight is 178 g/mol. The molecule has 0 N–H and O–H groups in total. The third kappa shape index (κ3) is 2.30. The van der Waals surface area contributed by atoms with Crippen molar-refractivity contribution in [3.63, 3.8) is 0 Å². The van der Waals surface area contributed by atoms with Crippen LogP contribution in [0.4, 0.5) is 5.69 Å². The topological polar surface area (TPSA) is 66.2 Å². The van der Waals surface area contributed by atoms with Crippen LogP contribution >= 0.6 is 0 Å². The number of nitro groups is 1. The highest BCUT2D eigenvalue weighted by atomic mass is 16.6. The zero-order chi connectivity index (χ0) is 9.84. The molecule has 0 radical (unpaired) electrons. The summed E-state index contributed by atoms with van der Waals surface area (Å²) in [7, 11) is 0. The first-order valence-electron chi connectivity index (χ1n) is 3.68. The number of hydrogen-bond donors (Lipinski definition) is 0. The van der Waals surface area contributed by atoms with Crippen LogP contribution < -0.4 is 5.11 Å². The zero-order valence-corrected chi connectivity index (χ0v) is 6.90. The number of rotatable bonds is 3. The Labute approximate surface area is 75.3 Å². The van der Waals surface area contributed by atoms with Gasteiger partial charge >= 0.3 is 0 Å². The number of benzene rings is 1. The van der Waals surface area contributed by atoms with Crippen LogP contribution in [0.2, 0.25) is 0 Å². The fourth-order valence-electron chi connectivity index (χ4n) is 1.05. The number of nitrogens with zero attached hydrogens (tertiary/aromatic N) is 1. The van der Waals surface area contributed by atoms with E-state index in [0.717, 1.165) is 0 Å². The summed E-state index contributed by atoms with van der Waals surface area (Å²) < 4.78 is 0. The van der Waals surface area contributed by atoms with Gasteiger partial charge in [0.25, 0.3) is 5.69 Å². The fraction of sp³-hybridized carbons (Fsp3) is 0.111. The second kappa shape index (κ2) is 3.71. The first kappa shape index (κ1) is 9.25. The first-order chi connectivity index (χ1) is 6.11. The molecule has 4 nitrogen and oxygen atoms in total. The van der Waals surface area contributed by atoms with Crippen molar-refractivity contribution in [2.75, 3.05) is 0 Å². The van der Waals surface area contributed by atoms with Crippen LogP contribution in [0.5, 0.6) is 0 Å². The molecule has 1 aromatic rings. The van der Waals surface area contributed by atoms with E-state index in [0.29, 0.717) is 5.56 Å². The molecule has 68 valence electrons. The number of allylic oxidation sites excluding steroid dienone is 1. The fourth-order valence-corrected chi connectivity index (χ4v) is 1.05. The molecule has 0 aliphatic rings. The van der Waals surface area contributed by atoms with Crippen LogP contribution in [-0.4, -0.2) is 4.92 Å². The molecular formula is C9H8NO3-. The van der Waals surface area contributed by atoms with Crippen LogP contribution in [-0.2, 0) is 6.42 Å². The summed E-state index contributed by atoms with van der Waals surface area (Å²) in [6.45, 7) is 3.17. The van der Waals surface area contributed by atoms with Crippen molar-refractivity contribution in [3.05, 3.63) is 52.3 Å². The largest absolute Gasteiger partial charge is 0.876 e. The Hall–Kier alpha value is -1.84. The van der Waals surface area contributed by atoms with Crippen LogP contribution in [0.25, 0.3) is 0 Å². The van der Waals surface area contributed by atoms with Crippen molar-refractivity contribution < 1.29 is 10.0 Å². The monoisotopic (exact) mass is 178 g/mol. The molecule has 13 heavy (non-hydrogen) atoms. The minimum atomic E-state index is -0.502. The van der Waals surface area contributed by atoms with Crippen LogP contribution in [0.15, 0.2) is 36.6 Å². The Morgan fingerprint density at radius 1 is 1.46 bits per heavy atom. The molecule has 0 heterocycles. The Kier molecular flexibility index (Phi) is 2.64. The van der Waals surface area contributed by atoms with E-state index < -0.39 is 4.92 Å². The van der Waals surface area contributed by atoms with Gasteiger partial charge in [-0.2, -0.15) is 0 Å².